The lowest BCUT2D eigenvalue weighted by molar-refractivity contribution is 0.102. The average molecular weight is 296 g/mol. The molecule has 1 aliphatic heterocycles. The Morgan fingerprint density at radius 2 is 1.82 bits per heavy atom. The van der Waals surface area contributed by atoms with Gasteiger partial charge in [-0.3, -0.25) is 9.78 Å². The van der Waals surface area contributed by atoms with Crippen LogP contribution >= 0.6 is 0 Å². The van der Waals surface area contributed by atoms with Gasteiger partial charge in [0.05, 0.1) is 5.56 Å². The highest BCUT2D eigenvalue weighted by Gasteiger charge is 2.14. The summed E-state index contributed by atoms with van der Waals surface area (Å²) >= 11 is 0. The van der Waals surface area contributed by atoms with Gasteiger partial charge in [0, 0.05) is 36.4 Å². The lowest BCUT2D eigenvalue weighted by atomic mass is 10.2. The maximum atomic E-state index is 12.3. The summed E-state index contributed by atoms with van der Waals surface area (Å²) in [7, 11) is 0. The molecule has 22 heavy (non-hydrogen) atoms. The van der Waals surface area contributed by atoms with Crippen molar-refractivity contribution in [2.24, 2.45) is 0 Å². The predicted molar refractivity (Wildman–Crippen MR) is 87.3 cm³/mol. The van der Waals surface area contributed by atoms with E-state index in [0.29, 0.717) is 5.56 Å². The number of aryl methyl sites for hydroxylation is 2. The van der Waals surface area contributed by atoms with E-state index in [4.69, 9.17) is 0 Å². The third-order valence-electron chi connectivity index (χ3n) is 3.78. The normalized spacial score (nSPS) is 14.2. The van der Waals surface area contributed by atoms with Crippen LogP contribution in [0.5, 0.6) is 0 Å². The molecule has 0 atom stereocenters. The van der Waals surface area contributed by atoms with E-state index in [1.165, 1.54) is 12.8 Å². The Hall–Kier alpha value is -2.43. The number of amides is 1. The van der Waals surface area contributed by atoms with Crippen LogP contribution in [-0.2, 0) is 0 Å². The number of carbonyl (C=O) groups excluding carboxylic acids is 1. The quantitative estimate of drug-likeness (QED) is 0.946. The molecule has 1 N–H and O–H groups in total. The van der Waals surface area contributed by atoms with E-state index < -0.39 is 0 Å². The van der Waals surface area contributed by atoms with Crippen molar-refractivity contribution in [2.45, 2.75) is 26.7 Å². The number of carbonyl (C=O) groups is 1. The summed E-state index contributed by atoms with van der Waals surface area (Å²) in [5.41, 5.74) is 3.10. The van der Waals surface area contributed by atoms with Crippen LogP contribution in [0.1, 0.15) is 34.6 Å². The summed E-state index contributed by atoms with van der Waals surface area (Å²) in [6.45, 7) is 5.92. The fraction of sp³-hybridized carbons (Fsp3) is 0.353. The van der Waals surface area contributed by atoms with Gasteiger partial charge in [0.15, 0.2) is 0 Å². The Bertz CT molecular complexity index is 655. The summed E-state index contributed by atoms with van der Waals surface area (Å²) in [5.74, 6) is 0.801. The monoisotopic (exact) mass is 296 g/mol. The van der Waals surface area contributed by atoms with Gasteiger partial charge in [-0.25, -0.2) is 4.98 Å². The van der Waals surface area contributed by atoms with Crippen LogP contribution in [0.15, 0.2) is 30.5 Å². The standard InChI is InChI=1S/C17H20N4O/c1-12-9-15(10-13(2)19-12)20-17(22)14-5-6-16(18-11-14)21-7-3-4-8-21/h5-6,9-11H,3-4,7-8H2,1-2H3,(H,19,20,22). The average Bonchev–Trinajstić information content (AvgIpc) is 3.00. The molecule has 5 nitrogen and oxygen atoms in total. The van der Waals surface area contributed by atoms with E-state index in [1.54, 1.807) is 6.20 Å². The van der Waals surface area contributed by atoms with E-state index in [0.717, 1.165) is 36.0 Å². The molecule has 1 aliphatic rings. The van der Waals surface area contributed by atoms with Gasteiger partial charge in [-0.05, 0) is 51.0 Å². The molecular formula is C17H20N4O. The molecule has 2 aromatic rings. The minimum atomic E-state index is -0.148. The van der Waals surface area contributed by atoms with Crippen molar-refractivity contribution in [3.8, 4) is 0 Å². The molecule has 0 radical (unpaired) electrons. The third-order valence-corrected chi connectivity index (χ3v) is 3.78. The summed E-state index contributed by atoms with van der Waals surface area (Å²) in [6.07, 6.45) is 4.07. The zero-order chi connectivity index (χ0) is 15.5. The number of nitrogens with one attached hydrogen (secondary N) is 1. The molecule has 0 aromatic carbocycles. The second kappa shape index (κ2) is 6.13. The summed E-state index contributed by atoms with van der Waals surface area (Å²) in [5, 5.41) is 2.90. The van der Waals surface area contributed by atoms with Gasteiger partial charge in [-0.2, -0.15) is 0 Å². The maximum absolute atomic E-state index is 12.3. The molecule has 2 aromatic heterocycles. The number of pyridine rings is 2. The van der Waals surface area contributed by atoms with E-state index in [2.05, 4.69) is 20.2 Å². The Morgan fingerprint density at radius 3 is 2.41 bits per heavy atom. The van der Waals surface area contributed by atoms with Crippen molar-refractivity contribution in [3.05, 3.63) is 47.4 Å². The first-order valence-electron chi connectivity index (χ1n) is 7.59. The lowest BCUT2D eigenvalue weighted by Crippen LogP contribution is -2.19. The highest BCUT2D eigenvalue weighted by Crippen LogP contribution is 2.18. The van der Waals surface area contributed by atoms with E-state index in [-0.39, 0.29) is 5.91 Å². The van der Waals surface area contributed by atoms with Gasteiger partial charge in [0.1, 0.15) is 5.82 Å². The van der Waals surface area contributed by atoms with Crippen molar-refractivity contribution in [1.29, 1.82) is 0 Å². The van der Waals surface area contributed by atoms with Crippen LogP contribution in [0.3, 0.4) is 0 Å². The number of anilines is 2. The fourth-order valence-corrected chi connectivity index (χ4v) is 2.76. The van der Waals surface area contributed by atoms with Crippen molar-refractivity contribution >= 4 is 17.4 Å². The smallest absolute Gasteiger partial charge is 0.257 e. The minimum absolute atomic E-state index is 0.148. The molecular weight excluding hydrogens is 276 g/mol. The van der Waals surface area contributed by atoms with Crippen LogP contribution in [0.25, 0.3) is 0 Å². The zero-order valence-corrected chi connectivity index (χ0v) is 13.0. The van der Waals surface area contributed by atoms with E-state index >= 15 is 0 Å². The summed E-state index contributed by atoms with van der Waals surface area (Å²) in [6, 6.07) is 7.47. The Morgan fingerprint density at radius 1 is 1.14 bits per heavy atom. The number of aromatic nitrogens is 2. The minimum Gasteiger partial charge on any atom is -0.357 e. The van der Waals surface area contributed by atoms with Gasteiger partial charge in [-0.1, -0.05) is 0 Å². The molecule has 3 rings (SSSR count). The summed E-state index contributed by atoms with van der Waals surface area (Å²) in [4.78, 5) is 23.2. The lowest BCUT2D eigenvalue weighted by Gasteiger charge is -2.16. The number of rotatable bonds is 3. The molecule has 114 valence electrons. The molecule has 0 spiro atoms. The van der Waals surface area contributed by atoms with Crippen molar-refractivity contribution < 1.29 is 4.79 Å². The number of nitrogens with zero attached hydrogens (tertiary/aromatic N) is 3. The van der Waals surface area contributed by atoms with Gasteiger partial charge >= 0.3 is 0 Å². The molecule has 5 heteroatoms. The second-order valence-corrected chi connectivity index (χ2v) is 5.69. The van der Waals surface area contributed by atoms with Crippen molar-refractivity contribution in [1.82, 2.24) is 9.97 Å². The Balaban J connectivity index is 1.71. The SMILES string of the molecule is Cc1cc(NC(=O)c2ccc(N3CCCC3)nc2)cc(C)n1. The third kappa shape index (κ3) is 3.24. The topological polar surface area (TPSA) is 58.1 Å². The van der Waals surface area contributed by atoms with Crippen LogP contribution in [0.4, 0.5) is 11.5 Å². The molecule has 1 amide bonds. The van der Waals surface area contributed by atoms with Gasteiger partial charge < -0.3 is 10.2 Å². The van der Waals surface area contributed by atoms with Crippen LogP contribution < -0.4 is 10.2 Å². The molecule has 0 aliphatic carbocycles. The Kier molecular flexibility index (Phi) is 4.04. The number of hydrogen-bond acceptors (Lipinski definition) is 4. The zero-order valence-electron chi connectivity index (χ0n) is 13.0. The molecule has 1 fully saturated rings. The fourth-order valence-electron chi connectivity index (χ4n) is 2.76. The van der Waals surface area contributed by atoms with Crippen molar-refractivity contribution in [2.75, 3.05) is 23.3 Å². The van der Waals surface area contributed by atoms with Gasteiger partial charge in [-0.15, -0.1) is 0 Å². The van der Waals surface area contributed by atoms with Crippen LogP contribution in [0, 0.1) is 13.8 Å². The molecule has 0 unspecified atom stereocenters. The highest BCUT2D eigenvalue weighted by molar-refractivity contribution is 6.04. The summed E-state index contributed by atoms with van der Waals surface area (Å²) < 4.78 is 0. The van der Waals surface area contributed by atoms with Crippen LogP contribution in [-0.4, -0.2) is 29.0 Å². The first-order valence-corrected chi connectivity index (χ1v) is 7.59. The van der Waals surface area contributed by atoms with Crippen LogP contribution in [0.2, 0.25) is 0 Å². The van der Waals surface area contributed by atoms with Gasteiger partial charge in [0.2, 0.25) is 0 Å². The maximum Gasteiger partial charge on any atom is 0.257 e. The Labute approximate surface area is 130 Å². The van der Waals surface area contributed by atoms with E-state index in [1.807, 2.05) is 38.1 Å². The first kappa shape index (κ1) is 14.5. The second-order valence-electron chi connectivity index (χ2n) is 5.69. The van der Waals surface area contributed by atoms with Gasteiger partial charge in [0.25, 0.3) is 5.91 Å². The largest absolute Gasteiger partial charge is 0.357 e. The number of hydrogen-bond donors (Lipinski definition) is 1. The van der Waals surface area contributed by atoms with E-state index in [9.17, 15) is 4.79 Å². The van der Waals surface area contributed by atoms with Crippen molar-refractivity contribution in [3.63, 3.8) is 0 Å². The molecule has 0 saturated carbocycles. The highest BCUT2D eigenvalue weighted by atomic mass is 16.1. The molecule has 0 bridgehead atoms. The first-order chi connectivity index (χ1) is 10.6. The molecule has 1 saturated heterocycles. The predicted octanol–water partition coefficient (Wildman–Crippen LogP) is 2.95. The molecule has 3 heterocycles.